The predicted octanol–water partition coefficient (Wildman–Crippen LogP) is 2.52. The fourth-order valence-electron chi connectivity index (χ4n) is 1.30. The molecule has 0 unspecified atom stereocenters. The minimum absolute atomic E-state index is 0.117. The highest BCUT2D eigenvalue weighted by atomic mass is 19.4. The number of benzene rings is 1. The maximum atomic E-state index is 11.9. The molecule has 0 saturated heterocycles. The molecule has 6 heteroatoms. The Kier molecular flexibility index (Phi) is 4.72. The van der Waals surface area contributed by atoms with Crippen molar-refractivity contribution in [2.75, 3.05) is 0 Å². The van der Waals surface area contributed by atoms with E-state index >= 15 is 0 Å². The van der Waals surface area contributed by atoms with Crippen LogP contribution in [0.4, 0.5) is 13.2 Å². The van der Waals surface area contributed by atoms with Gasteiger partial charge in [0.15, 0.2) is 0 Å². The summed E-state index contributed by atoms with van der Waals surface area (Å²) in [6.07, 6.45) is -6.03. The molecule has 18 heavy (non-hydrogen) atoms. The van der Waals surface area contributed by atoms with Crippen LogP contribution in [0.25, 0.3) is 0 Å². The first-order valence-corrected chi connectivity index (χ1v) is 5.23. The molecule has 0 spiro atoms. The molecule has 3 nitrogen and oxygen atoms in total. The molecule has 0 aromatic heterocycles. The molecule has 0 fully saturated rings. The van der Waals surface area contributed by atoms with Crippen molar-refractivity contribution < 1.29 is 18.0 Å². The third-order valence-electron chi connectivity index (χ3n) is 2.18. The van der Waals surface area contributed by atoms with E-state index in [1.807, 2.05) is 6.07 Å². The summed E-state index contributed by atoms with van der Waals surface area (Å²) in [5.41, 5.74) is 1.12. The second-order valence-electron chi connectivity index (χ2n) is 3.70. The average molecular weight is 256 g/mol. The zero-order valence-electron chi connectivity index (χ0n) is 9.42. The molecule has 0 aliphatic carbocycles. The van der Waals surface area contributed by atoms with Crippen LogP contribution in [-0.4, -0.2) is 12.1 Å². The maximum absolute atomic E-state index is 11.9. The number of nitrogens with one attached hydrogen (secondary N) is 1. The van der Waals surface area contributed by atoms with E-state index in [1.54, 1.807) is 24.3 Å². The van der Waals surface area contributed by atoms with E-state index in [2.05, 4.69) is 5.32 Å². The molecule has 1 aromatic rings. The van der Waals surface area contributed by atoms with Gasteiger partial charge in [-0.15, -0.1) is 0 Å². The number of carbonyl (C=O) groups is 1. The zero-order chi connectivity index (χ0) is 13.6. The number of nitriles is 1. The lowest BCUT2D eigenvalue weighted by molar-refractivity contribution is -0.144. The normalized spacial score (nSPS) is 10.8. The Hall–Kier alpha value is -2.03. The van der Waals surface area contributed by atoms with Gasteiger partial charge in [-0.1, -0.05) is 12.1 Å². The van der Waals surface area contributed by atoms with Gasteiger partial charge in [0.1, 0.15) is 0 Å². The van der Waals surface area contributed by atoms with Crippen LogP contribution in [0.5, 0.6) is 0 Å². The first kappa shape index (κ1) is 14.0. The third-order valence-corrected chi connectivity index (χ3v) is 2.18. The maximum Gasteiger partial charge on any atom is 0.389 e. The van der Waals surface area contributed by atoms with Crippen molar-refractivity contribution in [2.24, 2.45) is 0 Å². The Balaban J connectivity index is 2.41. The Morgan fingerprint density at radius 2 is 2.11 bits per heavy atom. The first-order valence-electron chi connectivity index (χ1n) is 5.23. The van der Waals surface area contributed by atoms with E-state index in [1.165, 1.54) is 0 Å². The number of halogens is 3. The Morgan fingerprint density at radius 3 is 2.72 bits per heavy atom. The second kappa shape index (κ2) is 6.05. The van der Waals surface area contributed by atoms with Crippen LogP contribution in [0.3, 0.4) is 0 Å². The molecule has 1 rings (SSSR count). The van der Waals surface area contributed by atoms with Gasteiger partial charge in [-0.05, 0) is 17.7 Å². The summed E-state index contributed by atoms with van der Waals surface area (Å²) in [5.74, 6) is -0.658. The highest BCUT2D eigenvalue weighted by Gasteiger charge is 2.27. The van der Waals surface area contributed by atoms with Crippen LogP contribution in [-0.2, 0) is 11.3 Å². The van der Waals surface area contributed by atoms with Crippen LogP contribution >= 0.6 is 0 Å². The van der Waals surface area contributed by atoms with Gasteiger partial charge >= 0.3 is 6.18 Å². The van der Waals surface area contributed by atoms with Gasteiger partial charge in [0.05, 0.1) is 18.1 Å². The van der Waals surface area contributed by atoms with Crippen LogP contribution in [0, 0.1) is 11.3 Å². The number of hydrogen-bond donors (Lipinski definition) is 1. The number of nitrogens with zero attached hydrogens (tertiary/aromatic N) is 1. The van der Waals surface area contributed by atoms with Crippen molar-refractivity contribution in [3.63, 3.8) is 0 Å². The third kappa shape index (κ3) is 5.34. The smallest absolute Gasteiger partial charge is 0.352 e. The Morgan fingerprint density at radius 1 is 1.39 bits per heavy atom. The molecule has 1 aromatic carbocycles. The second-order valence-corrected chi connectivity index (χ2v) is 3.70. The summed E-state index contributed by atoms with van der Waals surface area (Å²) in [6, 6.07) is 8.45. The van der Waals surface area contributed by atoms with Gasteiger partial charge < -0.3 is 5.32 Å². The standard InChI is InChI=1S/C12H11F3N2O/c13-12(14,15)5-4-11(18)17-8-10-3-1-2-9(6-10)7-16/h1-3,6H,4-5,8H2,(H,17,18). The molecule has 96 valence electrons. The first-order chi connectivity index (χ1) is 8.40. The molecule has 1 amide bonds. The minimum Gasteiger partial charge on any atom is -0.352 e. The van der Waals surface area contributed by atoms with Crippen molar-refractivity contribution in [2.45, 2.75) is 25.6 Å². The van der Waals surface area contributed by atoms with E-state index < -0.39 is 24.9 Å². The van der Waals surface area contributed by atoms with Gasteiger partial charge in [0.25, 0.3) is 0 Å². The molecule has 0 bridgehead atoms. The summed E-state index contributed by atoms with van der Waals surface area (Å²) < 4.78 is 35.6. The molecule has 0 saturated carbocycles. The van der Waals surface area contributed by atoms with E-state index in [4.69, 9.17) is 5.26 Å². The van der Waals surface area contributed by atoms with E-state index in [-0.39, 0.29) is 6.54 Å². The number of amides is 1. The van der Waals surface area contributed by atoms with Gasteiger partial charge in [-0.3, -0.25) is 4.79 Å². The minimum atomic E-state index is -4.32. The van der Waals surface area contributed by atoms with Crippen molar-refractivity contribution in [3.8, 4) is 6.07 Å². The van der Waals surface area contributed by atoms with E-state index in [0.29, 0.717) is 11.1 Å². The van der Waals surface area contributed by atoms with Crippen molar-refractivity contribution in [3.05, 3.63) is 35.4 Å². The molecule has 1 N–H and O–H groups in total. The van der Waals surface area contributed by atoms with Gasteiger partial charge in [0.2, 0.25) is 5.91 Å². The monoisotopic (exact) mass is 256 g/mol. The van der Waals surface area contributed by atoms with Gasteiger partial charge in [-0.2, -0.15) is 18.4 Å². The molecular weight excluding hydrogens is 245 g/mol. The fourth-order valence-corrected chi connectivity index (χ4v) is 1.30. The predicted molar refractivity (Wildman–Crippen MR) is 58.3 cm³/mol. The molecule has 0 atom stereocenters. The lowest BCUT2D eigenvalue weighted by Gasteiger charge is -2.07. The largest absolute Gasteiger partial charge is 0.389 e. The zero-order valence-corrected chi connectivity index (χ0v) is 9.42. The Bertz CT molecular complexity index is 463. The summed E-state index contributed by atoms with van der Waals surface area (Å²) in [5, 5.41) is 11.0. The molecule has 0 aliphatic rings. The summed E-state index contributed by atoms with van der Waals surface area (Å²) in [7, 11) is 0. The summed E-state index contributed by atoms with van der Waals surface area (Å²) in [6.45, 7) is 0.117. The van der Waals surface area contributed by atoms with Crippen molar-refractivity contribution in [1.82, 2.24) is 5.32 Å². The number of hydrogen-bond acceptors (Lipinski definition) is 2. The van der Waals surface area contributed by atoms with Crippen molar-refractivity contribution in [1.29, 1.82) is 5.26 Å². The van der Waals surface area contributed by atoms with E-state index in [0.717, 1.165) is 0 Å². The number of rotatable bonds is 4. The summed E-state index contributed by atoms with van der Waals surface area (Å²) >= 11 is 0. The van der Waals surface area contributed by atoms with Gasteiger partial charge in [-0.25, -0.2) is 0 Å². The topological polar surface area (TPSA) is 52.9 Å². The van der Waals surface area contributed by atoms with Crippen LogP contribution in [0.15, 0.2) is 24.3 Å². The highest BCUT2D eigenvalue weighted by molar-refractivity contribution is 5.75. The van der Waals surface area contributed by atoms with Gasteiger partial charge in [0, 0.05) is 13.0 Å². The SMILES string of the molecule is N#Cc1cccc(CNC(=O)CCC(F)(F)F)c1. The molecule has 0 radical (unpaired) electrons. The highest BCUT2D eigenvalue weighted by Crippen LogP contribution is 2.21. The fraction of sp³-hybridized carbons (Fsp3) is 0.333. The van der Waals surface area contributed by atoms with Crippen LogP contribution in [0.1, 0.15) is 24.0 Å². The van der Waals surface area contributed by atoms with E-state index in [9.17, 15) is 18.0 Å². The lowest BCUT2D eigenvalue weighted by Crippen LogP contribution is -2.24. The quantitative estimate of drug-likeness (QED) is 0.899. The molecule has 0 heterocycles. The molecular formula is C12H11F3N2O. The van der Waals surface area contributed by atoms with Crippen LogP contribution in [0.2, 0.25) is 0 Å². The average Bonchev–Trinajstić information content (AvgIpc) is 2.33. The summed E-state index contributed by atoms with van der Waals surface area (Å²) in [4.78, 5) is 11.1. The molecule has 0 aliphatic heterocycles. The van der Waals surface area contributed by atoms with Crippen molar-refractivity contribution >= 4 is 5.91 Å². The number of carbonyl (C=O) groups excluding carboxylic acids is 1. The van der Waals surface area contributed by atoms with Crippen LogP contribution < -0.4 is 5.32 Å². The lowest BCUT2D eigenvalue weighted by atomic mass is 10.1. The number of alkyl halides is 3. The Labute approximate surface area is 102 Å².